The molecule has 24 heavy (non-hydrogen) atoms. The number of nitriles is 1. The van der Waals surface area contributed by atoms with E-state index in [1.165, 1.54) is 12.1 Å². The van der Waals surface area contributed by atoms with Gasteiger partial charge in [0.05, 0.1) is 5.56 Å². The van der Waals surface area contributed by atoms with Crippen molar-refractivity contribution in [1.82, 2.24) is 0 Å². The van der Waals surface area contributed by atoms with E-state index in [0.717, 1.165) is 32.7 Å². The Labute approximate surface area is 145 Å². The maximum Gasteiger partial charge on any atom is 0.123 e. The first-order valence-electron chi connectivity index (χ1n) is 7.58. The number of nitrogens with zero attached hydrogens (tertiary/aromatic N) is 1. The van der Waals surface area contributed by atoms with Crippen molar-refractivity contribution >= 4 is 11.8 Å². The number of rotatable bonds is 3. The lowest BCUT2D eigenvalue weighted by Gasteiger charge is -2.17. The van der Waals surface area contributed by atoms with E-state index in [1.807, 2.05) is 31.4 Å². The third-order valence-electron chi connectivity index (χ3n) is 4.09. The lowest BCUT2D eigenvalue weighted by molar-refractivity contribution is 0.628. The minimum absolute atomic E-state index is 0.265. The molecule has 0 bridgehead atoms. The molecule has 0 unspecified atom stereocenters. The summed E-state index contributed by atoms with van der Waals surface area (Å²) in [5.74, 6) is -0.265. The van der Waals surface area contributed by atoms with Gasteiger partial charge in [-0.05, 0) is 59.2 Å². The standard InChI is InChI=1S/C21H16FNS/c1-14-19(13-23)20(24-2)12-18(15-6-4-3-5-7-15)21(14)16-8-10-17(22)11-9-16/h3-12H,1-2H3. The van der Waals surface area contributed by atoms with Gasteiger partial charge in [-0.25, -0.2) is 4.39 Å². The molecule has 118 valence electrons. The molecular weight excluding hydrogens is 317 g/mol. The Bertz CT molecular complexity index is 909. The van der Waals surface area contributed by atoms with Gasteiger partial charge in [-0.3, -0.25) is 0 Å². The molecular formula is C21H16FNS. The van der Waals surface area contributed by atoms with Crippen LogP contribution in [0.25, 0.3) is 22.3 Å². The van der Waals surface area contributed by atoms with E-state index in [4.69, 9.17) is 0 Å². The maximum atomic E-state index is 13.3. The third kappa shape index (κ3) is 2.93. The Balaban J connectivity index is 2.37. The van der Waals surface area contributed by atoms with Crippen molar-refractivity contribution < 1.29 is 4.39 Å². The number of benzene rings is 3. The van der Waals surface area contributed by atoms with Gasteiger partial charge < -0.3 is 0 Å². The first kappa shape index (κ1) is 16.3. The van der Waals surface area contributed by atoms with Gasteiger partial charge in [0.15, 0.2) is 0 Å². The third-order valence-corrected chi connectivity index (χ3v) is 4.85. The van der Waals surface area contributed by atoms with Crippen LogP contribution < -0.4 is 0 Å². The molecule has 3 aromatic carbocycles. The highest BCUT2D eigenvalue weighted by molar-refractivity contribution is 7.98. The van der Waals surface area contributed by atoms with Gasteiger partial charge in [-0.1, -0.05) is 42.5 Å². The molecule has 0 spiro atoms. The highest BCUT2D eigenvalue weighted by Gasteiger charge is 2.17. The minimum Gasteiger partial charge on any atom is -0.207 e. The van der Waals surface area contributed by atoms with Crippen LogP contribution in [-0.4, -0.2) is 6.26 Å². The summed E-state index contributed by atoms with van der Waals surface area (Å²) >= 11 is 1.57. The lowest BCUT2D eigenvalue weighted by Crippen LogP contribution is -1.96. The average molecular weight is 333 g/mol. The van der Waals surface area contributed by atoms with E-state index in [-0.39, 0.29) is 5.82 Å². The van der Waals surface area contributed by atoms with Crippen molar-refractivity contribution in [1.29, 1.82) is 5.26 Å². The molecule has 0 aliphatic carbocycles. The van der Waals surface area contributed by atoms with Crippen LogP contribution >= 0.6 is 11.8 Å². The van der Waals surface area contributed by atoms with E-state index >= 15 is 0 Å². The van der Waals surface area contributed by atoms with Crippen molar-refractivity contribution in [2.45, 2.75) is 11.8 Å². The Kier molecular flexibility index (Phi) is 4.69. The van der Waals surface area contributed by atoms with Gasteiger partial charge in [0, 0.05) is 4.90 Å². The van der Waals surface area contributed by atoms with E-state index in [2.05, 4.69) is 24.3 Å². The van der Waals surface area contributed by atoms with E-state index in [0.29, 0.717) is 5.56 Å². The topological polar surface area (TPSA) is 23.8 Å². The lowest BCUT2D eigenvalue weighted by atomic mass is 9.88. The Morgan fingerprint density at radius 3 is 2.21 bits per heavy atom. The summed E-state index contributed by atoms with van der Waals surface area (Å²) in [6, 6.07) is 20.9. The van der Waals surface area contributed by atoms with Crippen molar-refractivity contribution in [3.05, 3.63) is 77.6 Å². The predicted molar refractivity (Wildman–Crippen MR) is 98.5 cm³/mol. The van der Waals surface area contributed by atoms with Crippen LogP contribution in [0.3, 0.4) is 0 Å². The number of thioether (sulfide) groups is 1. The Morgan fingerprint density at radius 2 is 1.62 bits per heavy atom. The number of hydrogen-bond acceptors (Lipinski definition) is 2. The molecule has 0 fully saturated rings. The largest absolute Gasteiger partial charge is 0.207 e. The second-order valence-corrected chi connectivity index (χ2v) is 6.33. The fraction of sp³-hybridized carbons (Fsp3) is 0.0952. The molecule has 0 aliphatic heterocycles. The summed E-state index contributed by atoms with van der Waals surface area (Å²) in [7, 11) is 0. The molecule has 3 aromatic rings. The molecule has 0 N–H and O–H groups in total. The minimum atomic E-state index is -0.265. The van der Waals surface area contributed by atoms with E-state index in [9.17, 15) is 9.65 Å². The maximum absolute atomic E-state index is 13.3. The van der Waals surface area contributed by atoms with Gasteiger partial charge in [-0.2, -0.15) is 5.26 Å². The smallest absolute Gasteiger partial charge is 0.123 e. The SMILES string of the molecule is CSc1cc(-c2ccccc2)c(-c2ccc(F)cc2)c(C)c1C#N. The van der Waals surface area contributed by atoms with Crippen LogP contribution in [0.4, 0.5) is 4.39 Å². The fourth-order valence-corrected chi connectivity index (χ4v) is 3.56. The normalized spacial score (nSPS) is 10.4. The van der Waals surface area contributed by atoms with E-state index < -0.39 is 0 Å². The zero-order chi connectivity index (χ0) is 17.1. The average Bonchev–Trinajstić information content (AvgIpc) is 2.62. The molecule has 0 atom stereocenters. The summed E-state index contributed by atoms with van der Waals surface area (Å²) in [6.45, 7) is 1.96. The summed E-state index contributed by atoms with van der Waals surface area (Å²) in [6.07, 6.45) is 1.97. The molecule has 0 heterocycles. The molecule has 3 rings (SSSR count). The zero-order valence-corrected chi connectivity index (χ0v) is 14.3. The van der Waals surface area contributed by atoms with Crippen molar-refractivity contribution in [2.75, 3.05) is 6.26 Å². The van der Waals surface area contributed by atoms with E-state index in [1.54, 1.807) is 23.9 Å². The van der Waals surface area contributed by atoms with Crippen molar-refractivity contribution in [3.63, 3.8) is 0 Å². The predicted octanol–water partition coefficient (Wildman–Crippen LogP) is 6.06. The molecule has 1 nitrogen and oxygen atoms in total. The van der Waals surface area contributed by atoms with Gasteiger partial charge in [0.25, 0.3) is 0 Å². The van der Waals surface area contributed by atoms with Crippen molar-refractivity contribution in [2.24, 2.45) is 0 Å². The summed E-state index contributed by atoms with van der Waals surface area (Å²) in [5.41, 5.74) is 5.64. The van der Waals surface area contributed by atoms with Crippen molar-refractivity contribution in [3.8, 4) is 28.3 Å². The fourth-order valence-electron chi connectivity index (χ4n) is 2.92. The van der Waals surface area contributed by atoms with Crippen LogP contribution in [0.5, 0.6) is 0 Å². The van der Waals surface area contributed by atoms with Crippen LogP contribution in [0.2, 0.25) is 0 Å². The summed E-state index contributed by atoms with van der Waals surface area (Å²) in [5, 5.41) is 9.58. The number of hydrogen-bond donors (Lipinski definition) is 0. The van der Waals surface area contributed by atoms with Crippen LogP contribution in [0.15, 0.2) is 65.6 Å². The van der Waals surface area contributed by atoms with Crippen LogP contribution in [0, 0.1) is 24.1 Å². The first-order valence-corrected chi connectivity index (χ1v) is 8.81. The number of halogens is 1. The second-order valence-electron chi connectivity index (χ2n) is 5.49. The van der Waals surface area contributed by atoms with Crippen LogP contribution in [-0.2, 0) is 0 Å². The Hall–Kier alpha value is -2.57. The summed E-state index contributed by atoms with van der Waals surface area (Å²) in [4.78, 5) is 0.958. The van der Waals surface area contributed by atoms with Gasteiger partial charge in [0.2, 0.25) is 0 Å². The molecule has 0 aromatic heterocycles. The zero-order valence-electron chi connectivity index (χ0n) is 13.5. The summed E-state index contributed by atoms with van der Waals surface area (Å²) < 4.78 is 13.3. The van der Waals surface area contributed by atoms with Gasteiger partial charge in [-0.15, -0.1) is 11.8 Å². The van der Waals surface area contributed by atoms with Gasteiger partial charge >= 0.3 is 0 Å². The van der Waals surface area contributed by atoms with Gasteiger partial charge in [0.1, 0.15) is 11.9 Å². The molecule has 0 amide bonds. The second kappa shape index (κ2) is 6.90. The molecule has 0 aliphatic rings. The monoisotopic (exact) mass is 333 g/mol. The molecule has 0 radical (unpaired) electrons. The molecule has 0 saturated heterocycles. The highest BCUT2D eigenvalue weighted by Crippen LogP contribution is 2.40. The highest BCUT2D eigenvalue weighted by atomic mass is 32.2. The quantitative estimate of drug-likeness (QED) is 0.544. The Morgan fingerprint density at radius 1 is 0.958 bits per heavy atom. The molecule has 3 heteroatoms. The first-order chi connectivity index (χ1) is 11.7. The van der Waals surface area contributed by atoms with Crippen LogP contribution in [0.1, 0.15) is 11.1 Å². The molecule has 0 saturated carbocycles.